The summed E-state index contributed by atoms with van der Waals surface area (Å²) in [5.41, 5.74) is 4.35. The Kier molecular flexibility index (Phi) is 6.83. The van der Waals surface area contributed by atoms with E-state index in [1.165, 1.54) is 18.4 Å². The molecule has 2 aromatic heterocycles. The Bertz CT molecular complexity index is 1190. The van der Waals surface area contributed by atoms with Gasteiger partial charge in [-0.25, -0.2) is 4.79 Å². The molecule has 0 aliphatic heterocycles. The van der Waals surface area contributed by atoms with Crippen molar-refractivity contribution in [2.45, 2.75) is 59.5 Å². The molecule has 0 spiro atoms. The lowest BCUT2D eigenvalue weighted by Crippen LogP contribution is -2.17. The minimum absolute atomic E-state index is 0.146. The van der Waals surface area contributed by atoms with Crippen molar-refractivity contribution in [2.24, 2.45) is 0 Å². The van der Waals surface area contributed by atoms with Crippen molar-refractivity contribution in [3.05, 3.63) is 62.3 Å². The van der Waals surface area contributed by atoms with E-state index < -0.39 is 11.9 Å². The molecule has 3 aromatic rings. The highest BCUT2D eigenvalue weighted by atomic mass is 32.1. The molecule has 33 heavy (non-hydrogen) atoms. The summed E-state index contributed by atoms with van der Waals surface area (Å²) in [5.74, 6) is 0.394. The van der Waals surface area contributed by atoms with E-state index in [9.17, 15) is 9.59 Å². The van der Waals surface area contributed by atoms with Gasteiger partial charge in [-0.15, -0.1) is 11.3 Å². The van der Waals surface area contributed by atoms with Crippen molar-refractivity contribution in [1.29, 1.82) is 0 Å². The Morgan fingerprint density at radius 3 is 2.73 bits per heavy atom. The monoisotopic (exact) mass is 468 g/mol. The fraction of sp³-hybridized carbons (Fsp3) is 0.400. The molecule has 0 fully saturated rings. The second-order valence-electron chi connectivity index (χ2n) is 8.27. The maximum Gasteiger partial charge on any atom is 0.341 e. The first kappa shape index (κ1) is 23.0. The van der Waals surface area contributed by atoms with Gasteiger partial charge < -0.3 is 19.3 Å². The Morgan fingerprint density at radius 1 is 1.15 bits per heavy atom. The number of carbonyl (C=O) groups excluding carboxylic acids is 2. The molecule has 7 nitrogen and oxygen atoms in total. The summed E-state index contributed by atoms with van der Waals surface area (Å²) in [4.78, 5) is 26.9. The molecule has 174 valence electrons. The molecular weight excluding hydrogens is 440 g/mol. The van der Waals surface area contributed by atoms with Crippen LogP contribution in [0.4, 0.5) is 5.00 Å². The molecule has 1 aromatic carbocycles. The van der Waals surface area contributed by atoms with Gasteiger partial charge in [0.15, 0.2) is 5.69 Å². The summed E-state index contributed by atoms with van der Waals surface area (Å²) >= 11 is 1.45. The number of benzene rings is 1. The van der Waals surface area contributed by atoms with Gasteiger partial charge in [-0.05, 0) is 69.2 Å². The first-order valence-corrected chi connectivity index (χ1v) is 11.9. The summed E-state index contributed by atoms with van der Waals surface area (Å²) in [5, 5.41) is 7.37. The fourth-order valence-corrected chi connectivity index (χ4v) is 5.35. The zero-order chi connectivity index (χ0) is 23.5. The minimum Gasteiger partial charge on any atom is -0.488 e. The standard InChI is InChI=1S/C25H28N2O5S/c1-14-9-8-11-19(15(14)2)31-13-18-16(3)32-27-22(18)23(28)26-24-21(25(29)30-4)17-10-6-5-7-12-20(17)33-24/h8-9,11H,5-7,10,12-13H2,1-4H3,(H,26,28). The van der Waals surface area contributed by atoms with Crippen LogP contribution in [0.15, 0.2) is 22.7 Å². The highest BCUT2D eigenvalue weighted by Gasteiger charge is 2.28. The van der Waals surface area contributed by atoms with E-state index in [0.717, 1.165) is 59.4 Å². The van der Waals surface area contributed by atoms with E-state index in [-0.39, 0.29) is 12.3 Å². The number of fused-ring (bicyclic) bond motifs is 1. The van der Waals surface area contributed by atoms with Crippen LogP contribution >= 0.6 is 11.3 Å². The van der Waals surface area contributed by atoms with Crippen LogP contribution in [0.3, 0.4) is 0 Å². The number of aryl methyl sites for hydroxylation is 3. The number of ether oxygens (including phenoxy) is 2. The van der Waals surface area contributed by atoms with E-state index in [1.807, 2.05) is 32.0 Å². The number of hydrogen-bond donors (Lipinski definition) is 1. The number of nitrogens with zero attached hydrogens (tertiary/aromatic N) is 1. The summed E-state index contributed by atoms with van der Waals surface area (Å²) < 4.78 is 16.3. The zero-order valence-electron chi connectivity index (χ0n) is 19.4. The van der Waals surface area contributed by atoms with Gasteiger partial charge in [-0.2, -0.15) is 0 Å². The Morgan fingerprint density at radius 2 is 1.94 bits per heavy atom. The summed E-state index contributed by atoms with van der Waals surface area (Å²) in [6.07, 6.45) is 4.93. The highest BCUT2D eigenvalue weighted by molar-refractivity contribution is 7.17. The maximum atomic E-state index is 13.2. The Labute approximate surface area is 197 Å². The molecule has 1 N–H and O–H groups in total. The quantitative estimate of drug-likeness (QED) is 0.377. The van der Waals surface area contributed by atoms with Gasteiger partial charge in [-0.3, -0.25) is 4.79 Å². The largest absolute Gasteiger partial charge is 0.488 e. The third kappa shape index (κ3) is 4.66. The lowest BCUT2D eigenvalue weighted by Gasteiger charge is -2.11. The van der Waals surface area contributed by atoms with E-state index in [1.54, 1.807) is 6.92 Å². The van der Waals surface area contributed by atoms with Crippen LogP contribution in [-0.2, 0) is 24.2 Å². The molecule has 1 aliphatic rings. The lowest BCUT2D eigenvalue weighted by atomic mass is 10.1. The summed E-state index contributed by atoms with van der Waals surface area (Å²) in [6.45, 7) is 5.91. The normalized spacial score (nSPS) is 13.2. The molecule has 0 saturated carbocycles. The van der Waals surface area contributed by atoms with Gasteiger partial charge in [0, 0.05) is 4.88 Å². The number of anilines is 1. The van der Waals surface area contributed by atoms with Gasteiger partial charge in [-0.1, -0.05) is 23.7 Å². The Balaban J connectivity index is 1.59. The second-order valence-corrected chi connectivity index (χ2v) is 9.37. The van der Waals surface area contributed by atoms with Crippen molar-refractivity contribution < 1.29 is 23.6 Å². The zero-order valence-corrected chi connectivity index (χ0v) is 20.2. The molecule has 0 unspecified atom stereocenters. The number of thiophene rings is 1. The third-order valence-electron chi connectivity index (χ3n) is 6.16. The predicted molar refractivity (Wildman–Crippen MR) is 126 cm³/mol. The highest BCUT2D eigenvalue weighted by Crippen LogP contribution is 2.38. The number of nitrogens with one attached hydrogen (secondary N) is 1. The van der Waals surface area contributed by atoms with Gasteiger partial charge in [0.05, 0.1) is 18.2 Å². The van der Waals surface area contributed by atoms with Crippen LogP contribution in [0.2, 0.25) is 0 Å². The van der Waals surface area contributed by atoms with Crippen LogP contribution in [0.5, 0.6) is 5.75 Å². The molecule has 0 atom stereocenters. The number of hydrogen-bond acceptors (Lipinski definition) is 7. The predicted octanol–water partition coefficient (Wildman–Crippen LogP) is 5.55. The molecule has 0 radical (unpaired) electrons. The maximum absolute atomic E-state index is 13.2. The van der Waals surface area contributed by atoms with Crippen LogP contribution in [-0.4, -0.2) is 24.1 Å². The topological polar surface area (TPSA) is 90.7 Å². The van der Waals surface area contributed by atoms with Crippen LogP contribution in [0.1, 0.15) is 73.0 Å². The molecule has 1 aliphatic carbocycles. The molecule has 1 amide bonds. The minimum atomic E-state index is -0.437. The van der Waals surface area contributed by atoms with Gasteiger partial charge >= 0.3 is 5.97 Å². The smallest absolute Gasteiger partial charge is 0.341 e. The third-order valence-corrected chi connectivity index (χ3v) is 7.37. The molecule has 2 heterocycles. The number of rotatable bonds is 6. The SMILES string of the molecule is COC(=O)c1c(NC(=O)c2noc(C)c2COc2cccc(C)c2C)sc2c1CCCCC2. The number of methoxy groups -OCH3 is 1. The molecule has 4 rings (SSSR count). The summed E-state index contributed by atoms with van der Waals surface area (Å²) in [7, 11) is 1.36. The van der Waals surface area contributed by atoms with Gasteiger partial charge in [0.25, 0.3) is 5.91 Å². The van der Waals surface area contributed by atoms with Gasteiger partial charge in [0.1, 0.15) is 23.1 Å². The second kappa shape index (κ2) is 9.79. The Hall–Kier alpha value is -3.13. The number of esters is 1. The number of carbonyl (C=O) groups is 2. The fourth-order valence-electron chi connectivity index (χ4n) is 4.08. The van der Waals surface area contributed by atoms with E-state index in [2.05, 4.69) is 10.5 Å². The van der Waals surface area contributed by atoms with Crippen molar-refractivity contribution in [3.63, 3.8) is 0 Å². The van der Waals surface area contributed by atoms with Crippen LogP contribution in [0.25, 0.3) is 0 Å². The van der Waals surface area contributed by atoms with Crippen molar-refractivity contribution in [3.8, 4) is 5.75 Å². The lowest BCUT2D eigenvalue weighted by molar-refractivity contribution is 0.0601. The first-order chi connectivity index (χ1) is 15.9. The van der Waals surface area contributed by atoms with Crippen molar-refractivity contribution in [1.82, 2.24) is 5.16 Å². The van der Waals surface area contributed by atoms with E-state index in [4.69, 9.17) is 14.0 Å². The van der Waals surface area contributed by atoms with Crippen LogP contribution < -0.4 is 10.1 Å². The number of aromatic nitrogens is 1. The molecule has 0 saturated heterocycles. The molecular formula is C25H28N2O5S. The van der Waals surface area contributed by atoms with Crippen molar-refractivity contribution >= 4 is 28.2 Å². The first-order valence-electron chi connectivity index (χ1n) is 11.1. The van der Waals surface area contributed by atoms with Gasteiger partial charge in [0.2, 0.25) is 0 Å². The van der Waals surface area contributed by atoms with E-state index in [0.29, 0.717) is 21.9 Å². The molecule has 8 heteroatoms. The van der Waals surface area contributed by atoms with Crippen LogP contribution in [0, 0.1) is 20.8 Å². The summed E-state index contributed by atoms with van der Waals surface area (Å²) in [6, 6.07) is 5.85. The van der Waals surface area contributed by atoms with Crippen molar-refractivity contribution in [2.75, 3.05) is 12.4 Å². The average Bonchev–Trinajstić information content (AvgIpc) is 3.24. The van der Waals surface area contributed by atoms with E-state index >= 15 is 0 Å². The number of amides is 1. The molecule has 0 bridgehead atoms. The average molecular weight is 469 g/mol.